The smallest absolute Gasteiger partial charge is 0.163 e. The molecule has 0 spiro atoms. The molecule has 0 saturated carbocycles. The Morgan fingerprint density at radius 2 is 2.31 bits per heavy atom. The summed E-state index contributed by atoms with van der Waals surface area (Å²) in [6.07, 6.45) is -1.13. The Hall–Kier alpha value is -0.490. The Labute approximate surface area is 103 Å². The summed E-state index contributed by atoms with van der Waals surface area (Å²) >= 11 is 3.27. The van der Waals surface area contributed by atoms with E-state index in [2.05, 4.69) is 20.9 Å². The third-order valence-corrected chi connectivity index (χ3v) is 2.86. The predicted octanol–water partition coefficient (Wildman–Crippen LogP) is 2.03. The summed E-state index contributed by atoms with van der Waals surface area (Å²) < 4.78 is 11.7. The number of aliphatic hydroxyl groups is 1. The van der Waals surface area contributed by atoms with Crippen LogP contribution in [0.15, 0.2) is 22.8 Å². The van der Waals surface area contributed by atoms with Crippen molar-refractivity contribution >= 4 is 15.9 Å². The fraction of sp³-hybridized carbons (Fsp3) is 0.545. The lowest BCUT2D eigenvalue weighted by molar-refractivity contribution is -0.151. The quantitative estimate of drug-likeness (QED) is 0.846. The van der Waals surface area contributed by atoms with Crippen molar-refractivity contribution in [2.75, 3.05) is 6.61 Å². The maximum atomic E-state index is 10.1. The molecule has 0 bridgehead atoms. The highest BCUT2D eigenvalue weighted by atomic mass is 79.9. The minimum absolute atomic E-state index is 0.364. The molecule has 1 fully saturated rings. The van der Waals surface area contributed by atoms with Crippen molar-refractivity contribution in [3.8, 4) is 0 Å². The Balaban J connectivity index is 2.11. The summed E-state index contributed by atoms with van der Waals surface area (Å²) in [5.74, 6) is -0.627. The second kappa shape index (κ2) is 4.41. The standard InChI is InChI=1S/C11H14BrNO3/c1-11(2)15-6-8(16-11)10(14)7-4-3-5-9(12)13-7/h3-5,8,10,14H,6H2,1-2H3/t8-,10-/m1/s1. The Morgan fingerprint density at radius 1 is 1.56 bits per heavy atom. The maximum absolute atomic E-state index is 10.1. The van der Waals surface area contributed by atoms with Crippen LogP contribution in [-0.2, 0) is 9.47 Å². The number of halogens is 1. The number of hydrogen-bond acceptors (Lipinski definition) is 4. The van der Waals surface area contributed by atoms with Crippen molar-refractivity contribution in [1.29, 1.82) is 0 Å². The van der Waals surface area contributed by atoms with Gasteiger partial charge in [-0.15, -0.1) is 0 Å². The van der Waals surface area contributed by atoms with E-state index in [1.165, 1.54) is 0 Å². The molecule has 16 heavy (non-hydrogen) atoms. The molecule has 2 rings (SSSR count). The molecule has 2 heterocycles. The van der Waals surface area contributed by atoms with Crippen LogP contribution in [0.1, 0.15) is 25.6 Å². The van der Waals surface area contributed by atoms with E-state index in [9.17, 15) is 5.11 Å². The monoisotopic (exact) mass is 287 g/mol. The van der Waals surface area contributed by atoms with Crippen molar-refractivity contribution in [3.63, 3.8) is 0 Å². The molecule has 1 N–H and O–H groups in total. The van der Waals surface area contributed by atoms with Gasteiger partial charge in [-0.25, -0.2) is 4.98 Å². The summed E-state index contributed by atoms with van der Waals surface area (Å²) in [5.41, 5.74) is 0.584. The first-order chi connectivity index (χ1) is 7.48. The lowest BCUT2D eigenvalue weighted by Gasteiger charge is -2.20. The van der Waals surface area contributed by atoms with Gasteiger partial charge in [0.1, 0.15) is 16.8 Å². The van der Waals surface area contributed by atoms with Gasteiger partial charge in [0.2, 0.25) is 0 Å². The van der Waals surface area contributed by atoms with E-state index in [0.29, 0.717) is 16.9 Å². The second-order valence-electron chi connectivity index (χ2n) is 4.20. The van der Waals surface area contributed by atoms with Crippen molar-refractivity contribution < 1.29 is 14.6 Å². The molecular weight excluding hydrogens is 274 g/mol. The zero-order chi connectivity index (χ0) is 11.8. The molecule has 0 radical (unpaired) electrons. The number of hydrogen-bond donors (Lipinski definition) is 1. The fourth-order valence-corrected chi connectivity index (χ4v) is 2.01. The van der Waals surface area contributed by atoms with Crippen LogP contribution in [0.5, 0.6) is 0 Å². The number of pyridine rings is 1. The van der Waals surface area contributed by atoms with Gasteiger partial charge in [-0.1, -0.05) is 6.07 Å². The van der Waals surface area contributed by atoms with E-state index in [1.807, 2.05) is 26.0 Å². The molecule has 88 valence electrons. The van der Waals surface area contributed by atoms with E-state index < -0.39 is 11.9 Å². The van der Waals surface area contributed by atoms with Gasteiger partial charge in [0.25, 0.3) is 0 Å². The van der Waals surface area contributed by atoms with Crippen LogP contribution >= 0.6 is 15.9 Å². The van der Waals surface area contributed by atoms with E-state index in [0.717, 1.165) is 0 Å². The molecule has 4 nitrogen and oxygen atoms in total. The number of rotatable bonds is 2. The van der Waals surface area contributed by atoms with Gasteiger partial charge >= 0.3 is 0 Å². The Kier molecular flexibility index (Phi) is 3.30. The molecule has 2 atom stereocenters. The minimum Gasteiger partial charge on any atom is -0.384 e. The van der Waals surface area contributed by atoms with Gasteiger partial charge in [0, 0.05) is 0 Å². The van der Waals surface area contributed by atoms with E-state index in [-0.39, 0.29) is 6.10 Å². The lowest BCUT2D eigenvalue weighted by atomic mass is 10.1. The van der Waals surface area contributed by atoms with Crippen molar-refractivity contribution in [1.82, 2.24) is 4.98 Å². The van der Waals surface area contributed by atoms with Crippen LogP contribution in [-0.4, -0.2) is 28.6 Å². The molecule has 1 saturated heterocycles. The number of aliphatic hydroxyl groups excluding tert-OH is 1. The van der Waals surface area contributed by atoms with Gasteiger partial charge in [-0.05, 0) is 41.9 Å². The molecule has 0 aromatic carbocycles. The van der Waals surface area contributed by atoms with Gasteiger partial charge in [-0.2, -0.15) is 0 Å². The molecule has 1 aliphatic rings. The highest BCUT2D eigenvalue weighted by molar-refractivity contribution is 9.10. The number of nitrogens with zero attached hydrogens (tertiary/aromatic N) is 1. The zero-order valence-electron chi connectivity index (χ0n) is 9.18. The van der Waals surface area contributed by atoms with Gasteiger partial charge in [0.05, 0.1) is 12.3 Å². The second-order valence-corrected chi connectivity index (χ2v) is 5.01. The lowest BCUT2D eigenvalue weighted by Crippen LogP contribution is -2.25. The van der Waals surface area contributed by atoms with Crippen molar-refractivity contribution in [3.05, 3.63) is 28.5 Å². The highest BCUT2D eigenvalue weighted by Gasteiger charge is 2.37. The van der Waals surface area contributed by atoms with Crippen LogP contribution in [0.25, 0.3) is 0 Å². The summed E-state index contributed by atoms with van der Waals surface area (Å²) in [6.45, 7) is 4.03. The molecule has 1 aromatic heterocycles. The topological polar surface area (TPSA) is 51.6 Å². The predicted molar refractivity (Wildman–Crippen MR) is 61.8 cm³/mol. The summed E-state index contributed by atoms with van der Waals surface area (Å²) in [4.78, 5) is 4.20. The number of aromatic nitrogens is 1. The fourth-order valence-electron chi connectivity index (χ4n) is 1.65. The largest absolute Gasteiger partial charge is 0.384 e. The molecule has 0 unspecified atom stereocenters. The Bertz CT molecular complexity index is 383. The summed E-state index contributed by atoms with van der Waals surface area (Å²) in [6, 6.07) is 5.41. The normalized spacial score (nSPS) is 25.6. The third-order valence-electron chi connectivity index (χ3n) is 2.42. The summed E-state index contributed by atoms with van der Waals surface area (Å²) in [5, 5.41) is 10.1. The average molecular weight is 288 g/mol. The molecule has 1 aromatic rings. The SMILES string of the molecule is CC1(C)OC[C@H]([C@H](O)c2cccc(Br)n2)O1. The average Bonchev–Trinajstić information content (AvgIpc) is 2.58. The van der Waals surface area contributed by atoms with Gasteiger partial charge in [0.15, 0.2) is 5.79 Å². The van der Waals surface area contributed by atoms with Crippen LogP contribution < -0.4 is 0 Å². The first kappa shape index (κ1) is 12.0. The number of ether oxygens (including phenoxy) is 2. The van der Waals surface area contributed by atoms with Crippen LogP contribution in [0.2, 0.25) is 0 Å². The molecule has 1 aliphatic heterocycles. The van der Waals surface area contributed by atoms with Crippen LogP contribution in [0.3, 0.4) is 0 Å². The van der Waals surface area contributed by atoms with E-state index in [1.54, 1.807) is 6.07 Å². The summed E-state index contributed by atoms with van der Waals surface area (Å²) in [7, 11) is 0. The van der Waals surface area contributed by atoms with Crippen molar-refractivity contribution in [2.24, 2.45) is 0 Å². The highest BCUT2D eigenvalue weighted by Crippen LogP contribution is 2.30. The van der Waals surface area contributed by atoms with Crippen LogP contribution in [0.4, 0.5) is 0 Å². The van der Waals surface area contributed by atoms with Gasteiger partial charge < -0.3 is 14.6 Å². The van der Waals surface area contributed by atoms with E-state index in [4.69, 9.17) is 9.47 Å². The van der Waals surface area contributed by atoms with Crippen LogP contribution in [0, 0.1) is 0 Å². The maximum Gasteiger partial charge on any atom is 0.163 e. The van der Waals surface area contributed by atoms with Gasteiger partial charge in [-0.3, -0.25) is 0 Å². The third kappa shape index (κ3) is 2.60. The van der Waals surface area contributed by atoms with Crippen molar-refractivity contribution in [2.45, 2.75) is 31.8 Å². The molecule has 0 amide bonds. The first-order valence-electron chi connectivity index (χ1n) is 5.10. The van der Waals surface area contributed by atoms with E-state index >= 15 is 0 Å². The molecule has 5 heteroatoms. The Morgan fingerprint density at radius 3 is 2.88 bits per heavy atom. The zero-order valence-corrected chi connectivity index (χ0v) is 10.8. The minimum atomic E-state index is -0.765. The first-order valence-corrected chi connectivity index (χ1v) is 5.89. The molecule has 0 aliphatic carbocycles. The molecular formula is C11H14BrNO3.